The fourth-order valence-electron chi connectivity index (χ4n) is 3.26. The largest absolute Gasteiger partial charge is 0.340 e. The topological polar surface area (TPSA) is 68.8 Å². The first-order chi connectivity index (χ1) is 11.2. The molecule has 0 bridgehead atoms. The van der Waals surface area contributed by atoms with Crippen LogP contribution in [-0.4, -0.2) is 47.7 Å². The summed E-state index contributed by atoms with van der Waals surface area (Å²) in [5.74, 6) is 1.32. The Morgan fingerprint density at radius 1 is 1.39 bits per heavy atom. The third-order valence-corrected chi connectivity index (χ3v) is 4.59. The number of likely N-dealkylation sites (tertiary alicyclic amines) is 1. The highest BCUT2D eigenvalue weighted by atomic mass is 16.2. The number of hydrogen-bond acceptors (Lipinski definition) is 4. The van der Waals surface area contributed by atoms with Gasteiger partial charge >= 0.3 is 0 Å². The summed E-state index contributed by atoms with van der Waals surface area (Å²) >= 11 is 0. The number of carbonyl (C=O) groups is 1. The van der Waals surface area contributed by atoms with Crippen molar-refractivity contribution in [1.82, 2.24) is 29.2 Å². The summed E-state index contributed by atoms with van der Waals surface area (Å²) in [6.07, 6.45) is 12.8. The van der Waals surface area contributed by atoms with Crippen molar-refractivity contribution in [3.05, 3.63) is 30.9 Å². The molecule has 1 fully saturated rings. The van der Waals surface area contributed by atoms with Crippen LogP contribution in [0.4, 0.5) is 0 Å². The molecule has 1 amide bonds. The van der Waals surface area contributed by atoms with Gasteiger partial charge in [-0.15, -0.1) is 0 Å². The van der Waals surface area contributed by atoms with Crippen LogP contribution in [0.3, 0.4) is 0 Å². The maximum Gasteiger partial charge on any atom is 0.224 e. The zero-order valence-electron chi connectivity index (χ0n) is 13.6. The second kappa shape index (κ2) is 7.39. The lowest BCUT2D eigenvalue weighted by atomic mass is 9.97. The van der Waals surface area contributed by atoms with E-state index in [2.05, 4.69) is 24.5 Å². The molecule has 0 spiro atoms. The van der Waals surface area contributed by atoms with Crippen LogP contribution in [0.5, 0.6) is 0 Å². The van der Waals surface area contributed by atoms with E-state index in [-0.39, 0.29) is 5.91 Å². The number of hydrogen-bond donors (Lipinski definition) is 0. The number of piperidine rings is 1. The molecule has 3 rings (SSSR count). The van der Waals surface area contributed by atoms with Gasteiger partial charge in [-0.05, 0) is 25.7 Å². The van der Waals surface area contributed by atoms with Crippen LogP contribution >= 0.6 is 0 Å². The highest BCUT2D eigenvalue weighted by Crippen LogP contribution is 2.22. The maximum absolute atomic E-state index is 12.6. The molecule has 7 nitrogen and oxygen atoms in total. The SMILES string of the molecule is Cn1ccnc1CC[C@H]1CCCCN1C(=O)CCn1cncn1. The Morgan fingerprint density at radius 2 is 2.30 bits per heavy atom. The van der Waals surface area contributed by atoms with Gasteiger partial charge in [0.05, 0.1) is 6.54 Å². The minimum atomic E-state index is 0.227. The van der Waals surface area contributed by atoms with E-state index in [4.69, 9.17) is 0 Å². The number of imidazole rings is 1. The van der Waals surface area contributed by atoms with E-state index in [0.717, 1.165) is 38.1 Å². The van der Waals surface area contributed by atoms with Crippen molar-refractivity contribution >= 4 is 5.91 Å². The molecule has 2 aromatic rings. The molecule has 0 radical (unpaired) electrons. The molecule has 2 aromatic heterocycles. The number of aromatic nitrogens is 5. The first-order valence-corrected chi connectivity index (χ1v) is 8.32. The summed E-state index contributed by atoms with van der Waals surface area (Å²) in [7, 11) is 2.02. The number of rotatable bonds is 6. The van der Waals surface area contributed by atoms with Crippen molar-refractivity contribution in [1.29, 1.82) is 0 Å². The number of nitrogens with zero attached hydrogens (tertiary/aromatic N) is 6. The summed E-state index contributed by atoms with van der Waals surface area (Å²) in [5.41, 5.74) is 0. The lowest BCUT2D eigenvalue weighted by Crippen LogP contribution is -2.44. The molecule has 3 heterocycles. The van der Waals surface area contributed by atoms with Crippen molar-refractivity contribution in [3.63, 3.8) is 0 Å². The van der Waals surface area contributed by atoms with Gasteiger partial charge in [0.1, 0.15) is 18.5 Å². The molecule has 0 aromatic carbocycles. The van der Waals surface area contributed by atoms with Crippen LogP contribution in [0.15, 0.2) is 25.0 Å². The third kappa shape index (κ3) is 3.97. The van der Waals surface area contributed by atoms with Gasteiger partial charge in [-0.25, -0.2) is 9.97 Å². The van der Waals surface area contributed by atoms with E-state index in [1.54, 1.807) is 11.0 Å². The van der Waals surface area contributed by atoms with Crippen LogP contribution in [0.1, 0.15) is 37.9 Å². The molecule has 0 aliphatic carbocycles. The zero-order valence-corrected chi connectivity index (χ0v) is 13.6. The minimum absolute atomic E-state index is 0.227. The smallest absolute Gasteiger partial charge is 0.224 e. The normalized spacial score (nSPS) is 18.3. The number of amides is 1. The van der Waals surface area contributed by atoms with Gasteiger partial charge in [0.15, 0.2) is 0 Å². The molecular formula is C16H24N6O. The second-order valence-corrected chi connectivity index (χ2v) is 6.14. The maximum atomic E-state index is 12.6. The zero-order chi connectivity index (χ0) is 16.1. The van der Waals surface area contributed by atoms with E-state index in [9.17, 15) is 4.79 Å². The van der Waals surface area contributed by atoms with Crippen molar-refractivity contribution in [2.75, 3.05) is 6.54 Å². The van der Waals surface area contributed by atoms with Gasteiger partial charge in [-0.1, -0.05) is 0 Å². The second-order valence-electron chi connectivity index (χ2n) is 6.14. The van der Waals surface area contributed by atoms with E-state index < -0.39 is 0 Å². The molecule has 1 aliphatic rings. The fraction of sp³-hybridized carbons (Fsp3) is 0.625. The van der Waals surface area contributed by atoms with Crippen molar-refractivity contribution in [2.24, 2.45) is 7.05 Å². The van der Waals surface area contributed by atoms with Crippen molar-refractivity contribution < 1.29 is 4.79 Å². The summed E-state index contributed by atoms with van der Waals surface area (Å²) in [6, 6.07) is 0.337. The first kappa shape index (κ1) is 15.7. The van der Waals surface area contributed by atoms with E-state index >= 15 is 0 Å². The van der Waals surface area contributed by atoms with Crippen LogP contribution in [0.2, 0.25) is 0 Å². The van der Waals surface area contributed by atoms with Crippen LogP contribution < -0.4 is 0 Å². The Kier molecular flexibility index (Phi) is 5.05. The highest BCUT2D eigenvalue weighted by molar-refractivity contribution is 5.76. The third-order valence-electron chi connectivity index (χ3n) is 4.59. The summed E-state index contributed by atoms with van der Waals surface area (Å²) in [5, 5.41) is 4.06. The molecule has 7 heteroatoms. The Balaban J connectivity index is 1.54. The van der Waals surface area contributed by atoms with Crippen LogP contribution in [0, 0.1) is 0 Å². The molecule has 1 atom stereocenters. The predicted molar refractivity (Wildman–Crippen MR) is 85.5 cm³/mol. The molecule has 1 aliphatic heterocycles. The molecule has 124 valence electrons. The van der Waals surface area contributed by atoms with E-state index in [1.165, 1.54) is 12.7 Å². The van der Waals surface area contributed by atoms with Crippen molar-refractivity contribution in [2.45, 2.75) is 51.1 Å². The lowest BCUT2D eigenvalue weighted by molar-refractivity contribution is -0.135. The monoisotopic (exact) mass is 316 g/mol. The van der Waals surface area contributed by atoms with Crippen LogP contribution in [0.25, 0.3) is 0 Å². The molecule has 0 N–H and O–H groups in total. The van der Waals surface area contributed by atoms with E-state index in [0.29, 0.717) is 19.0 Å². The Morgan fingerprint density at radius 3 is 3.04 bits per heavy atom. The van der Waals surface area contributed by atoms with Gasteiger partial charge in [0, 0.05) is 44.9 Å². The quantitative estimate of drug-likeness (QED) is 0.808. The lowest BCUT2D eigenvalue weighted by Gasteiger charge is -2.36. The van der Waals surface area contributed by atoms with Gasteiger partial charge < -0.3 is 9.47 Å². The average Bonchev–Trinajstić information content (AvgIpc) is 3.22. The summed E-state index contributed by atoms with van der Waals surface area (Å²) in [4.78, 5) is 22.9. The Hall–Kier alpha value is -2.18. The average molecular weight is 316 g/mol. The standard InChI is InChI=1S/C16H24N6O/c1-20-11-8-18-15(20)6-5-14-4-2-3-9-22(14)16(23)7-10-21-13-17-12-19-21/h8,11-14H,2-7,9-10H2,1H3/t14-/m1/s1. The summed E-state index contributed by atoms with van der Waals surface area (Å²) < 4.78 is 3.77. The number of carbonyl (C=O) groups excluding carboxylic acids is 1. The molecule has 23 heavy (non-hydrogen) atoms. The first-order valence-electron chi connectivity index (χ1n) is 8.32. The van der Waals surface area contributed by atoms with Crippen molar-refractivity contribution in [3.8, 4) is 0 Å². The molecule has 0 saturated carbocycles. The predicted octanol–water partition coefficient (Wildman–Crippen LogP) is 1.42. The fourth-order valence-corrected chi connectivity index (χ4v) is 3.26. The van der Waals surface area contributed by atoms with Crippen LogP contribution in [-0.2, 0) is 24.8 Å². The van der Waals surface area contributed by atoms with Gasteiger partial charge in [-0.2, -0.15) is 5.10 Å². The minimum Gasteiger partial charge on any atom is -0.340 e. The Labute approximate surface area is 136 Å². The van der Waals surface area contributed by atoms with E-state index in [1.807, 2.05) is 19.4 Å². The van der Waals surface area contributed by atoms with Gasteiger partial charge in [0.25, 0.3) is 0 Å². The molecular weight excluding hydrogens is 292 g/mol. The summed E-state index contributed by atoms with van der Waals surface area (Å²) in [6.45, 7) is 1.48. The molecule has 1 saturated heterocycles. The Bertz CT molecular complexity index is 620. The molecule has 0 unspecified atom stereocenters. The van der Waals surface area contributed by atoms with Gasteiger partial charge in [-0.3, -0.25) is 9.48 Å². The van der Waals surface area contributed by atoms with Gasteiger partial charge in [0.2, 0.25) is 5.91 Å². The number of aryl methyl sites for hydroxylation is 3. The highest BCUT2D eigenvalue weighted by Gasteiger charge is 2.26.